The standard InChI is InChI=1S/C18H16O2S/c19-12-14-11-18(14,17-9-4-10-21-17)20-16-8-3-6-13-5-1-2-7-15(13)16/h1-10,14,19H,11-12H2/t14?,18-/m1/s1. The molecule has 1 aliphatic carbocycles. The third-order valence-electron chi connectivity index (χ3n) is 4.25. The van der Waals surface area contributed by atoms with Crippen molar-refractivity contribution in [2.75, 3.05) is 6.61 Å². The maximum absolute atomic E-state index is 9.56. The fourth-order valence-electron chi connectivity index (χ4n) is 3.00. The van der Waals surface area contributed by atoms with Crippen molar-refractivity contribution in [3.05, 3.63) is 64.9 Å². The highest BCUT2D eigenvalue weighted by Gasteiger charge is 2.58. The highest BCUT2D eigenvalue weighted by molar-refractivity contribution is 7.10. The molecule has 0 aliphatic heterocycles. The summed E-state index contributed by atoms with van der Waals surface area (Å²) in [5.74, 6) is 1.09. The fourth-order valence-corrected chi connectivity index (χ4v) is 3.95. The van der Waals surface area contributed by atoms with E-state index in [0.717, 1.165) is 17.6 Å². The van der Waals surface area contributed by atoms with Crippen LogP contribution in [0.2, 0.25) is 0 Å². The molecule has 1 heterocycles. The molecular weight excluding hydrogens is 280 g/mol. The van der Waals surface area contributed by atoms with E-state index in [4.69, 9.17) is 4.74 Å². The SMILES string of the molecule is OCC1C[C@]1(Oc1cccc2ccccc12)c1cccs1. The molecule has 3 aromatic rings. The van der Waals surface area contributed by atoms with E-state index in [1.165, 1.54) is 10.3 Å². The zero-order valence-electron chi connectivity index (χ0n) is 11.5. The fraction of sp³-hybridized carbons (Fsp3) is 0.222. The first-order chi connectivity index (χ1) is 10.3. The van der Waals surface area contributed by atoms with Crippen LogP contribution in [-0.4, -0.2) is 11.7 Å². The summed E-state index contributed by atoms with van der Waals surface area (Å²) in [7, 11) is 0. The lowest BCUT2D eigenvalue weighted by Crippen LogP contribution is -2.19. The van der Waals surface area contributed by atoms with Crippen LogP contribution < -0.4 is 4.74 Å². The smallest absolute Gasteiger partial charge is 0.149 e. The second-order valence-corrected chi connectivity index (χ2v) is 6.48. The molecule has 3 heteroatoms. The second kappa shape index (κ2) is 4.86. The van der Waals surface area contributed by atoms with Crippen LogP contribution in [0.3, 0.4) is 0 Å². The predicted molar refractivity (Wildman–Crippen MR) is 85.8 cm³/mol. The largest absolute Gasteiger partial charge is 0.481 e. The van der Waals surface area contributed by atoms with Gasteiger partial charge < -0.3 is 9.84 Å². The van der Waals surface area contributed by atoms with Crippen LogP contribution in [0, 0.1) is 5.92 Å². The van der Waals surface area contributed by atoms with Gasteiger partial charge >= 0.3 is 0 Å². The molecule has 1 N–H and O–H groups in total. The molecule has 1 unspecified atom stereocenters. The topological polar surface area (TPSA) is 29.5 Å². The molecule has 2 atom stereocenters. The third kappa shape index (κ3) is 2.04. The van der Waals surface area contributed by atoms with Gasteiger partial charge in [0.05, 0.1) is 6.61 Å². The second-order valence-electron chi connectivity index (χ2n) is 5.53. The lowest BCUT2D eigenvalue weighted by Gasteiger charge is -2.20. The maximum atomic E-state index is 9.56. The number of aliphatic hydroxyl groups is 1. The predicted octanol–water partition coefficient (Wildman–Crippen LogP) is 4.19. The maximum Gasteiger partial charge on any atom is 0.149 e. The lowest BCUT2D eigenvalue weighted by atomic mass is 10.1. The number of hydrogen-bond donors (Lipinski definition) is 1. The highest BCUT2D eigenvalue weighted by Crippen LogP contribution is 2.56. The Kier molecular flexibility index (Phi) is 2.98. The summed E-state index contributed by atoms with van der Waals surface area (Å²) < 4.78 is 6.42. The van der Waals surface area contributed by atoms with Crippen LogP contribution >= 0.6 is 11.3 Å². The Morgan fingerprint density at radius 2 is 1.95 bits per heavy atom. The molecule has 0 amide bonds. The molecule has 1 fully saturated rings. The minimum atomic E-state index is -0.340. The van der Waals surface area contributed by atoms with Crippen molar-refractivity contribution in [3.63, 3.8) is 0 Å². The summed E-state index contributed by atoms with van der Waals surface area (Å²) in [6.45, 7) is 0.169. The number of ether oxygens (including phenoxy) is 1. The minimum absolute atomic E-state index is 0.169. The van der Waals surface area contributed by atoms with Crippen LogP contribution in [-0.2, 0) is 5.60 Å². The average Bonchev–Trinajstić information content (AvgIpc) is 2.97. The molecular formula is C18H16O2S. The summed E-state index contributed by atoms with van der Waals surface area (Å²) in [6, 6.07) is 18.5. The molecule has 0 bridgehead atoms. The van der Waals surface area contributed by atoms with E-state index in [-0.39, 0.29) is 18.1 Å². The van der Waals surface area contributed by atoms with Crippen LogP contribution in [0.5, 0.6) is 5.75 Å². The van der Waals surface area contributed by atoms with E-state index >= 15 is 0 Å². The Morgan fingerprint density at radius 1 is 1.10 bits per heavy atom. The molecule has 1 aliphatic rings. The van der Waals surface area contributed by atoms with Gasteiger partial charge in [-0.2, -0.15) is 0 Å². The molecule has 0 saturated heterocycles. The minimum Gasteiger partial charge on any atom is -0.481 e. The van der Waals surface area contributed by atoms with E-state index in [1.54, 1.807) is 11.3 Å². The summed E-state index contributed by atoms with van der Waals surface area (Å²) in [5, 5.41) is 13.9. The van der Waals surface area contributed by atoms with Crippen LogP contribution in [0.4, 0.5) is 0 Å². The number of thiophene rings is 1. The molecule has 0 radical (unpaired) electrons. The van der Waals surface area contributed by atoms with Crippen molar-refractivity contribution >= 4 is 22.1 Å². The van der Waals surface area contributed by atoms with E-state index in [2.05, 4.69) is 29.6 Å². The summed E-state index contributed by atoms with van der Waals surface area (Å²) in [4.78, 5) is 1.20. The molecule has 21 heavy (non-hydrogen) atoms. The number of aliphatic hydroxyl groups excluding tert-OH is 1. The van der Waals surface area contributed by atoms with E-state index in [1.807, 2.05) is 30.3 Å². The Balaban J connectivity index is 1.77. The third-order valence-corrected chi connectivity index (χ3v) is 5.28. The van der Waals surface area contributed by atoms with E-state index in [9.17, 15) is 5.11 Å². The number of fused-ring (bicyclic) bond motifs is 1. The van der Waals surface area contributed by atoms with Crippen molar-refractivity contribution in [1.82, 2.24) is 0 Å². The van der Waals surface area contributed by atoms with Gasteiger partial charge in [0.2, 0.25) is 0 Å². The van der Waals surface area contributed by atoms with Gasteiger partial charge in [0.15, 0.2) is 0 Å². The van der Waals surface area contributed by atoms with Gasteiger partial charge in [-0.15, -0.1) is 11.3 Å². The normalized spacial score (nSPS) is 24.1. The summed E-state index contributed by atoms with van der Waals surface area (Å²) in [5.41, 5.74) is -0.340. The van der Waals surface area contributed by atoms with Gasteiger partial charge in [0.1, 0.15) is 11.4 Å². The molecule has 1 saturated carbocycles. The van der Waals surface area contributed by atoms with Gasteiger partial charge in [-0.3, -0.25) is 0 Å². The van der Waals surface area contributed by atoms with Crippen molar-refractivity contribution in [3.8, 4) is 5.75 Å². The zero-order chi connectivity index (χ0) is 14.3. The first kappa shape index (κ1) is 12.9. The van der Waals surface area contributed by atoms with Gasteiger partial charge in [0.25, 0.3) is 0 Å². The van der Waals surface area contributed by atoms with Gasteiger partial charge in [-0.05, 0) is 22.9 Å². The lowest BCUT2D eigenvalue weighted by molar-refractivity contribution is 0.141. The number of rotatable bonds is 4. The molecule has 4 rings (SSSR count). The first-order valence-electron chi connectivity index (χ1n) is 7.15. The van der Waals surface area contributed by atoms with Crippen molar-refractivity contribution < 1.29 is 9.84 Å². The number of hydrogen-bond acceptors (Lipinski definition) is 3. The monoisotopic (exact) mass is 296 g/mol. The molecule has 2 nitrogen and oxygen atoms in total. The van der Waals surface area contributed by atoms with Gasteiger partial charge in [-0.25, -0.2) is 0 Å². The van der Waals surface area contributed by atoms with Crippen molar-refractivity contribution in [2.45, 2.75) is 12.0 Å². The van der Waals surface area contributed by atoms with E-state index < -0.39 is 0 Å². The van der Waals surface area contributed by atoms with Gasteiger partial charge in [0, 0.05) is 22.6 Å². The van der Waals surface area contributed by atoms with Gasteiger partial charge in [-0.1, -0.05) is 42.5 Å². The van der Waals surface area contributed by atoms with Crippen molar-refractivity contribution in [2.24, 2.45) is 5.92 Å². The van der Waals surface area contributed by atoms with E-state index in [0.29, 0.717) is 0 Å². The number of benzene rings is 2. The first-order valence-corrected chi connectivity index (χ1v) is 8.03. The summed E-state index contributed by atoms with van der Waals surface area (Å²) >= 11 is 1.70. The summed E-state index contributed by atoms with van der Waals surface area (Å²) in [6.07, 6.45) is 0.882. The van der Waals surface area contributed by atoms with Crippen LogP contribution in [0.1, 0.15) is 11.3 Å². The average molecular weight is 296 g/mol. The van der Waals surface area contributed by atoms with Crippen LogP contribution in [0.25, 0.3) is 10.8 Å². The molecule has 1 aromatic heterocycles. The highest BCUT2D eigenvalue weighted by atomic mass is 32.1. The molecule has 0 spiro atoms. The van der Waals surface area contributed by atoms with Crippen molar-refractivity contribution in [1.29, 1.82) is 0 Å². The Bertz CT molecular complexity index is 760. The Hall–Kier alpha value is -1.84. The Morgan fingerprint density at radius 3 is 2.71 bits per heavy atom. The Labute approximate surface area is 127 Å². The molecule has 2 aromatic carbocycles. The van der Waals surface area contributed by atoms with Crippen LogP contribution in [0.15, 0.2) is 60.0 Å². The quantitative estimate of drug-likeness (QED) is 0.782. The molecule has 106 valence electrons. The zero-order valence-corrected chi connectivity index (χ0v) is 12.3.